The molecule has 1 N–H and O–H groups in total. The van der Waals surface area contributed by atoms with Gasteiger partial charge in [0.25, 0.3) is 0 Å². The molecule has 2 amide bonds. The topological polar surface area (TPSA) is 84.4 Å². The monoisotopic (exact) mass is 458 g/mol. The van der Waals surface area contributed by atoms with Crippen molar-refractivity contribution in [3.8, 4) is 16.3 Å². The summed E-state index contributed by atoms with van der Waals surface area (Å²) >= 11 is 1.52. The van der Waals surface area contributed by atoms with Crippen molar-refractivity contribution in [2.45, 2.75) is 13.3 Å². The molecule has 0 saturated carbocycles. The van der Waals surface area contributed by atoms with Crippen molar-refractivity contribution in [1.29, 1.82) is 0 Å². The van der Waals surface area contributed by atoms with Gasteiger partial charge in [-0.2, -0.15) is 0 Å². The first-order valence-corrected chi connectivity index (χ1v) is 11.4. The van der Waals surface area contributed by atoms with Gasteiger partial charge < -0.3 is 15.0 Å². The standard InChI is InChI=1S/C25H22N4O3S/c1-15-19(24-28-21-10-5-11-26-25(21)33-24)8-4-9-20(15)27-23(31)16-12-22(30)29(14-16)17-6-3-7-18(13-17)32-2/h3-11,13,16H,12,14H2,1-2H3,(H,27,31). The number of fused-ring (bicyclic) bond motifs is 1. The molecular formula is C25H22N4O3S. The Labute approximate surface area is 195 Å². The molecule has 166 valence electrons. The molecule has 0 spiro atoms. The second-order valence-electron chi connectivity index (χ2n) is 7.92. The van der Waals surface area contributed by atoms with Crippen LogP contribution < -0.4 is 15.0 Å². The van der Waals surface area contributed by atoms with Crippen molar-refractivity contribution < 1.29 is 14.3 Å². The van der Waals surface area contributed by atoms with Gasteiger partial charge >= 0.3 is 0 Å². The van der Waals surface area contributed by atoms with E-state index in [0.717, 1.165) is 37.9 Å². The number of nitrogens with one attached hydrogen (secondary N) is 1. The lowest BCUT2D eigenvalue weighted by Gasteiger charge is -2.18. The van der Waals surface area contributed by atoms with Crippen LogP contribution in [0.15, 0.2) is 60.8 Å². The molecule has 5 rings (SSSR count). The van der Waals surface area contributed by atoms with Crippen LogP contribution in [0.3, 0.4) is 0 Å². The minimum Gasteiger partial charge on any atom is -0.497 e. The van der Waals surface area contributed by atoms with Crippen molar-refractivity contribution in [3.05, 3.63) is 66.4 Å². The van der Waals surface area contributed by atoms with Gasteiger partial charge in [-0.25, -0.2) is 9.97 Å². The lowest BCUT2D eigenvalue weighted by atomic mass is 10.0. The number of ether oxygens (including phenoxy) is 1. The van der Waals surface area contributed by atoms with Gasteiger partial charge in [0.05, 0.1) is 13.0 Å². The first kappa shape index (κ1) is 21.1. The number of carbonyl (C=O) groups is 2. The second kappa shape index (κ2) is 8.63. The van der Waals surface area contributed by atoms with Crippen LogP contribution in [0.1, 0.15) is 12.0 Å². The number of methoxy groups -OCH3 is 1. The maximum Gasteiger partial charge on any atom is 0.229 e. The van der Waals surface area contributed by atoms with Crippen LogP contribution in [0.5, 0.6) is 5.75 Å². The van der Waals surface area contributed by atoms with Crippen molar-refractivity contribution in [2.75, 3.05) is 23.9 Å². The van der Waals surface area contributed by atoms with Gasteiger partial charge in [-0.1, -0.05) is 29.5 Å². The fraction of sp³-hybridized carbons (Fsp3) is 0.200. The predicted molar refractivity (Wildman–Crippen MR) is 130 cm³/mol. The Hall–Kier alpha value is -3.78. The minimum atomic E-state index is -0.432. The third-order valence-electron chi connectivity index (χ3n) is 5.85. The summed E-state index contributed by atoms with van der Waals surface area (Å²) < 4.78 is 5.26. The Bertz CT molecular complexity index is 1330. The third-order valence-corrected chi connectivity index (χ3v) is 6.86. The second-order valence-corrected chi connectivity index (χ2v) is 8.90. The molecule has 7 nitrogen and oxygen atoms in total. The summed E-state index contributed by atoms with van der Waals surface area (Å²) in [5.74, 6) is -0.0000826. The average Bonchev–Trinajstić information content (AvgIpc) is 3.44. The number of nitrogens with zero attached hydrogens (tertiary/aromatic N) is 3. The van der Waals surface area contributed by atoms with E-state index in [1.807, 2.05) is 55.5 Å². The smallest absolute Gasteiger partial charge is 0.229 e. The molecular weight excluding hydrogens is 436 g/mol. The van der Waals surface area contributed by atoms with Crippen LogP contribution in [-0.4, -0.2) is 35.4 Å². The van der Waals surface area contributed by atoms with Crippen molar-refractivity contribution in [3.63, 3.8) is 0 Å². The van der Waals surface area contributed by atoms with Gasteiger partial charge in [-0.15, -0.1) is 0 Å². The van der Waals surface area contributed by atoms with Gasteiger partial charge in [-0.05, 0) is 42.8 Å². The van der Waals surface area contributed by atoms with E-state index in [1.54, 1.807) is 24.3 Å². The largest absolute Gasteiger partial charge is 0.497 e. The minimum absolute atomic E-state index is 0.0733. The molecule has 0 radical (unpaired) electrons. The molecule has 1 saturated heterocycles. The SMILES string of the molecule is COc1cccc(N2CC(C(=O)Nc3cccc(-c4nc5cccnc5s4)c3C)CC2=O)c1. The Morgan fingerprint density at radius 3 is 2.85 bits per heavy atom. The number of hydrogen-bond acceptors (Lipinski definition) is 6. The average molecular weight is 459 g/mol. The lowest BCUT2D eigenvalue weighted by molar-refractivity contribution is -0.122. The fourth-order valence-electron chi connectivity index (χ4n) is 4.03. The molecule has 0 aliphatic carbocycles. The maximum absolute atomic E-state index is 13.1. The maximum atomic E-state index is 13.1. The molecule has 1 aliphatic heterocycles. The number of rotatable bonds is 5. The summed E-state index contributed by atoms with van der Waals surface area (Å²) in [5, 5.41) is 3.89. The van der Waals surface area contributed by atoms with Crippen molar-refractivity contribution >= 4 is 44.9 Å². The number of anilines is 2. The number of aromatic nitrogens is 2. The van der Waals surface area contributed by atoms with Crippen LogP contribution in [0.4, 0.5) is 11.4 Å². The molecule has 1 unspecified atom stereocenters. The van der Waals surface area contributed by atoms with Crippen LogP contribution in [0.2, 0.25) is 0 Å². The zero-order chi connectivity index (χ0) is 22.9. The molecule has 2 aromatic heterocycles. The van der Waals surface area contributed by atoms with Gasteiger partial charge in [0.15, 0.2) is 0 Å². The Morgan fingerprint density at radius 2 is 2.03 bits per heavy atom. The van der Waals surface area contributed by atoms with Gasteiger partial charge in [0, 0.05) is 42.2 Å². The van der Waals surface area contributed by atoms with E-state index in [4.69, 9.17) is 9.72 Å². The highest BCUT2D eigenvalue weighted by atomic mass is 32.1. The molecule has 3 heterocycles. The fourth-order valence-corrected chi connectivity index (χ4v) is 5.02. The Balaban J connectivity index is 1.35. The van der Waals surface area contributed by atoms with Crippen LogP contribution in [-0.2, 0) is 9.59 Å². The Morgan fingerprint density at radius 1 is 1.18 bits per heavy atom. The van der Waals surface area contributed by atoms with Crippen LogP contribution in [0, 0.1) is 12.8 Å². The van der Waals surface area contributed by atoms with E-state index in [2.05, 4.69) is 10.3 Å². The number of thiazole rings is 1. The number of pyridine rings is 1. The highest BCUT2D eigenvalue weighted by molar-refractivity contribution is 7.21. The highest BCUT2D eigenvalue weighted by Crippen LogP contribution is 2.34. The molecule has 0 bridgehead atoms. The predicted octanol–water partition coefficient (Wildman–Crippen LogP) is 4.67. The molecule has 2 aromatic carbocycles. The van der Waals surface area contributed by atoms with Crippen LogP contribution >= 0.6 is 11.3 Å². The molecule has 1 fully saturated rings. The van der Waals surface area contributed by atoms with Crippen LogP contribution in [0.25, 0.3) is 20.9 Å². The van der Waals surface area contributed by atoms with E-state index >= 15 is 0 Å². The first-order chi connectivity index (χ1) is 16.0. The number of amides is 2. The number of hydrogen-bond donors (Lipinski definition) is 1. The summed E-state index contributed by atoms with van der Waals surface area (Å²) in [6, 6.07) is 16.9. The summed E-state index contributed by atoms with van der Waals surface area (Å²) in [7, 11) is 1.59. The molecule has 8 heteroatoms. The zero-order valence-corrected chi connectivity index (χ0v) is 19.1. The third kappa shape index (κ3) is 4.05. The summed E-state index contributed by atoms with van der Waals surface area (Å²) in [6.07, 6.45) is 1.93. The molecule has 1 aliphatic rings. The zero-order valence-electron chi connectivity index (χ0n) is 18.2. The van der Waals surface area contributed by atoms with Crippen molar-refractivity contribution in [1.82, 2.24) is 9.97 Å². The van der Waals surface area contributed by atoms with E-state index in [1.165, 1.54) is 11.3 Å². The quantitative estimate of drug-likeness (QED) is 0.470. The highest BCUT2D eigenvalue weighted by Gasteiger charge is 2.35. The first-order valence-electron chi connectivity index (χ1n) is 10.6. The lowest BCUT2D eigenvalue weighted by Crippen LogP contribution is -2.28. The summed E-state index contributed by atoms with van der Waals surface area (Å²) in [5.41, 5.74) is 4.19. The molecule has 33 heavy (non-hydrogen) atoms. The van der Waals surface area contributed by atoms with E-state index < -0.39 is 5.92 Å². The molecule has 4 aromatic rings. The number of benzene rings is 2. The Kier molecular flexibility index (Phi) is 5.51. The normalized spacial score (nSPS) is 15.8. The molecule has 1 atom stereocenters. The summed E-state index contributed by atoms with van der Waals surface area (Å²) in [4.78, 5) is 37.3. The van der Waals surface area contributed by atoms with E-state index in [9.17, 15) is 9.59 Å². The summed E-state index contributed by atoms with van der Waals surface area (Å²) in [6.45, 7) is 2.30. The van der Waals surface area contributed by atoms with Gasteiger partial charge in [0.1, 0.15) is 21.1 Å². The van der Waals surface area contributed by atoms with Crippen molar-refractivity contribution in [2.24, 2.45) is 5.92 Å². The number of carbonyl (C=O) groups excluding carboxylic acids is 2. The van der Waals surface area contributed by atoms with Gasteiger partial charge in [0.2, 0.25) is 11.8 Å². The van der Waals surface area contributed by atoms with E-state index in [-0.39, 0.29) is 18.2 Å². The van der Waals surface area contributed by atoms with E-state index in [0.29, 0.717) is 12.3 Å². The van der Waals surface area contributed by atoms with Gasteiger partial charge in [-0.3, -0.25) is 9.59 Å².